The molecule has 1 unspecified atom stereocenters. The molecule has 0 aliphatic carbocycles. The predicted octanol–water partition coefficient (Wildman–Crippen LogP) is 3.29. The van der Waals surface area contributed by atoms with Gasteiger partial charge in [-0.05, 0) is 43.3 Å². The zero-order valence-electron chi connectivity index (χ0n) is 15.2. The topological polar surface area (TPSA) is 139 Å². The number of anilines is 2. The second-order valence-corrected chi connectivity index (χ2v) is 7.15. The van der Waals surface area contributed by atoms with Crippen LogP contribution in [0.5, 0.6) is 0 Å². The molecule has 0 saturated heterocycles. The van der Waals surface area contributed by atoms with Gasteiger partial charge >= 0.3 is 5.97 Å². The standard InChI is InChI=1S/C19H17N3O6S/c1-12(19(26)21-14-2-6-15(7-3-14)22(27)28)29-16-8-4-13(5-9-16)20-17(23)10-11-18(24)25/h2-12H,1H3,(H,20,23)(H,21,26)(H,24,25)/b11-10+. The number of nitrogens with one attached hydrogen (secondary N) is 2. The first-order valence-electron chi connectivity index (χ1n) is 8.28. The molecule has 0 aliphatic rings. The molecule has 10 heteroatoms. The smallest absolute Gasteiger partial charge is 0.328 e. The molecule has 0 aromatic heterocycles. The number of benzene rings is 2. The van der Waals surface area contributed by atoms with Crippen molar-refractivity contribution < 1.29 is 24.4 Å². The first kappa shape index (κ1) is 21.6. The number of hydrogen-bond donors (Lipinski definition) is 3. The van der Waals surface area contributed by atoms with Gasteiger partial charge in [0.1, 0.15) is 0 Å². The molecule has 9 nitrogen and oxygen atoms in total. The van der Waals surface area contributed by atoms with Gasteiger partial charge in [-0.2, -0.15) is 0 Å². The van der Waals surface area contributed by atoms with Gasteiger partial charge in [0.25, 0.3) is 5.69 Å². The summed E-state index contributed by atoms with van der Waals surface area (Å²) in [5.41, 5.74) is 0.883. The normalized spacial score (nSPS) is 11.6. The maximum Gasteiger partial charge on any atom is 0.328 e. The SMILES string of the molecule is CC(Sc1ccc(NC(=O)/C=C/C(=O)O)cc1)C(=O)Nc1ccc([N+](=O)[O-])cc1. The van der Waals surface area contributed by atoms with Crippen LogP contribution in [-0.4, -0.2) is 33.1 Å². The van der Waals surface area contributed by atoms with E-state index in [1.807, 2.05) is 0 Å². The number of carboxylic acids is 1. The Bertz CT molecular complexity index is 941. The molecule has 0 heterocycles. The van der Waals surface area contributed by atoms with E-state index >= 15 is 0 Å². The second kappa shape index (κ2) is 10.0. The molecule has 150 valence electrons. The fourth-order valence-corrected chi connectivity index (χ4v) is 2.98. The van der Waals surface area contributed by atoms with Gasteiger partial charge in [-0.1, -0.05) is 0 Å². The molecule has 2 aromatic rings. The van der Waals surface area contributed by atoms with Gasteiger partial charge in [0.15, 0.2) is 0 Å². The number of nitro groups is 1. The third-order valence-corrected chi connectivity index (χ3v) is 4.64. The largest absolute Gasteiger partial charge is 0.478 e. The molecule has 2 aromatic carbocycles. The summed E-state index contributed by atoms with van der Waals surface area (Å²) in [6.07, 6.45) is 1.65. The van der Waals surface area contributed by atoms with Gasteiger partial charge in [-0.25, -0.2) is 4.79 Å². The number of nitrogens with zero attached hydrogens (tertiary/aromatic N) is 1. The van der Waals surface area contributed by atoms with E-state index in [2.05, 4.69) is 10.6 Å². The van der Waals surface area contributed by atoms with Crippen LogP contribution in [0.3, 0.4) is 0 Å². The summed E-state index contributed by atoms with van der Waals surface area (Å²) in [6, 6.07) is 12.3. The molecule has 1 atom stereocenters. The molecule has 3 N–H and O–H groups in total. The lowest BCUT2D eigenvalue weighted by Crippen LogP contribution is -2.22. The predicted molar refractivity (Wildman–Crippen MR) is 109 cm³/mol. The van der Waals surface area contributed by atoms with E-state index in [0.29, 0.717) is 11.4 Å². The first-order chi connectivity index (χ1) is 13.7. The molecule has 0 fully saturated rings. The lowest BCUT2D eigenvalue weighted by atomic mass is 10.3. The second-order valence-electron chi connectivity index (χ2n) is 5.74. The summed E-state index contributed by atoms with van der Waals surface area (Å²) in [6.45, 7) is 1.72. The van der Waals surface area contributed by atoms with Gasteiger partial charge in [-0.15, -0.1) is 11.8 Å². The number of non-ortho nitro benzene ring substituents is 1. The third kappa shape index (κ3) is 7.11. The molecule has 29 heavy (non-hydrogen) atoms. The molecule has 0 radical (unpaired) electrons. The first-order valence-corrected chi connectivity index (χ1v) is 9.16. The highest BCUT2D eigenvalue weighted by molar-refractivity contribution is 8.00. The van der Waals surface area contributed by atoms with Crippen molar-refractivity contribution in [1.82, 2.24) is 0 Å². The highest BCUT2D eigenvalue weighted by Crippen LogP contribution is 2.26. The molecule has 0 saturated carbocycles. The monoisotopic (exact) mass is 415 g/mol. The van der Waals surface area contributed by atoms with Crippen molar-refractivity contribution in [3.63, 3.8) is 0 Å². The van der Waals surface area contributed by atoms with Crippen LogP contribution in [0.25, 0.3) is 0 Å². The van der Waals surface area contributed by atoms with Crippen LogP contribution in [-0.2, 0) is 14.4 Å². The van der Waals surface area contributed by atoms with E-state index in [-0.39, 0.29) is 11.6 Å². The number of rotatable bonds is 8. The fraction of sp³-hybridized carbons (Fsp3) is 0.105. The van der Waals surface area contributed by atoms with Crippen molar-refractivity contribution in [3.05, 3.63) is 70.8 Å². The van der Waals surface area contributed by atoms with Gasteiger partial charge < -0.3 is 15.7 Å². The highest BCUT2D eigenvalue weighted by atomic mass is 32.2. The zero-order valence-corrected chi connectivity index (χ0v) is 16.0. The van der Waals surface area contributed by atoms with Crippen LogP contribution >= 0.6 is 11.8 Å². The Hall–Kier alpha value is -3.66. The van der Waals surface area contributed by atoms with Crippen LogP contribution in [0.2, 0.25) is 0 Å². The average Bonchev–Trinajstić information content (AvgIpc) is 2.68. The minimum atomic E-state index is -1.21. The van der Waals surface area contributed by atoms with Gasteiger partial charge in [0, 0.05) is 40.6 Å². The number of nitro benzene ring substituents is 1. The fourth-order valence-electron chi connectivity index (χ4n) is 2.12. The van der Waals surface area contributed by atoms with Crippen molar-refractivity contribution in [2.45, 2.75) is 17.1 Å². The summed E-state index contributed by atoms with van der Waals surface area (Å²) in [5.74, 6) is -2.04. The minimum absolute atomic E-state index is 0.0592. The average molecular weight is 415 g/mol. The molecule has 0 bridgehead atoms. The molecule has 2 rings (SSSR count). The van der Waals surface area contributed by atoms with Crippen LogP contribution in [0.4, 0.5) is 17.1 Å². The van der Waals surface area contributed by atoms with E-state index in [1.54, 1.807) is 31.2 Å². The summed E-state index contributed by atoms with van der Waals surface area (Å²) in [5, 5.41) is 23.9. The van der Waals surface area contributed by atoms with E-state index in [1.165, 1.54) is 36.0 Å². The maximum atomic E-state index is 12.3. The van der Waals surface area contributed by atoms with Crippen LogP contribution in [0, 0.1) is 10.1 Å². The number of carbonyl (C=O) groups excluding carboxylic acids is 2. The Balaban J connectivity index is 1.90. The van der Waals surface area contributed by atoms with Crippen LogP contribution in [0.15, 0.2) is 65.6 Å². The van der Waals surface area contributed by atoms with Crippen molar-refractivity contribution in [3.8, 4) is 0 Å². The third-order valence-electron chi connectivity index (χ3n) is 3.53. The van der Waals surface area contributed by atoms with Crippen molar-refractivity contribution in [2.24, 2.45) is 0 Å². The number of carbonyl (C=O) groups is 3. The lowest BCUT2D eigenvalue weighted by molar-refractivity contribution is -0.384. The van der Waals surface area contributed by atoms with Crippen LogP contribution < -0.4 is 10.6 Å². The Morgan fingerprint density at radius 1 is 1.00 bits per heavy atom. The molecule has 0 spiro atoms. The zero-order chi connectivity index (χ0) is 21.4. The molecular formula is C19H17N3O6S. The number of carboxylic acid groups (broad SMARTS) is 1. The summed E-state index contributed by atoms with van der Waals surface area (Å²) < 4.78 is 0. The molecular weight excluding hydrogens is 398 g/mol. The van der Waals surface area contributed by atoms with E-state index in [0.717, 1.165) is 17.0 Å². The van der Waals surface area contributed by atoms with E-state index in [4.69, 9.17) is 5.11 Å². The number of aliphatic carboxylic acids is 1. The van der Waals surface area contributed by atoms with Gasteiger partial charge in [0.2, 0.25) is 11.8 Å². The van der Waals surface area contributed by atoms with Crippen molar-refractivity contribution >= 4 is 46.6 Å². The summed E-state index contributed by atoms with van der Waals surface area (Å²) >= 11 is 1.30. The highest BCUT2D eigenvalue weighted by Gasteiger charge is 2.15. The van der Waals surface area contributed by atoms with Gasteiger partial charge in [-0.3, -0.25) is 19.7 Å². The number of thioether (sulfide) groups is 1. The Labute approximate surface area is 170 Å². The van der Waals surface area contributed by atoms with Gasteiger partial charge in [0.05, 0.1) is 10.2 Å². The Morgan fingerprint density at radius 2 is 1.55 bits per heavy atom. The number of hydrogen-bond acceptors (Lipinski definition) is 6. The van der Waals surface area contributed by atoms with Crippen LogP contribution in [0.1, 0.15) is 6.92 Å². The number of amides is 2. The Morgan fingerprint density at radius 3 is 2.10 bits per heavy atom. The lowest BCUT2D eigenvalue weighted by Gasteiger charge is -2.12. The Kier molecular flexibility index (Phi) is 7.49. The van der Waals surface area contributed by atoms with E-state index in [9.17, 15) is 24.5 Å². The minimum Gasteiger partial charge on any atom is -0.478 e. The quantitative estimate of drug-likeness (QED) is 0.260. The van der Waals surface area contributed by atoms with Crippen molar-refractivity contribution in [2.75, 3.05) is 10.6 Å². The summed E-state index contributed by atoms with van der Waals surface area (Å²) in [7, 11) is 0. The summed E-state index contributed by atoms with van der Waals surface area (Å²) in [4.78, 5) is 45.2. The van der Waals surface area contributed by atoms with Crippen molar-refractivity contribution in [1.29, 1.82) is 0 Å². The maximum absolute atomic E-state index is 12.3. The molecule has 2 amide bonds. The van der Waals surface area contributed by atoms with E-state index < -0.39 is 22.0 Å². The molecule has 0 aliphatic heterocycles.